The maximum Gasteiger partial charge on any atom is 0.331 e. The molecular formula is C26H26N4O5. The molecule has 1 aliphatic heterocycles. The van der Waals surface area contributed by atoms with Gasteiger partial charge < -0.3 is 9.30 Å². The standard InChI is InChI=1S/C26H26N4O5/c1-15-9-11-16(12-10-15)20-19-21(27(4)25(32)28(5)24(19)31)22-23(35-14-26(2,3)29(20)22)17-7-6-8-18(13-17)30(33)34/h6-13,23H,14H2,1-5H3/t23-/m0/s1. The summed E-state index contributed by atoms with van der Waals surface area (Å²) in [4.78, 5) is 37.6. The number of hydrogen-bond donors (Lipinski definition) is 0. The van der Waals surface area contributed by atoms with Crippen molar-refractivity contribution in [1.82, 2.24) is 13.7 Å². The number of fused-ring (bicyclic) bond motifs is 3. The molecule has 0 amide bonds. The van der Waals surface area contributed by atoms with Crippen LogP contribution in [0.4, 0.5) is 5.69 Å². The van der Waals surface area contributed by atoms with E-state index in [1.165, 1.54) is 23.7 Å². The summed E-state index contributed by atoms with van der Waals surface area (Å²) in [5.41, 5.74) is 2.85. The second kappa shape index (κ2) is 7.78. The van der Waals surface area contributed by atoms with Gasteiger partial charge in [-0.25, -0.2) is 4.79 Å². The van der Waals surface area contributed by atoms with E-state index in [4.69, 9.17) is 4.74 Å². The minimum atomic E-state index is -0.706. The summed E-state index contributed by atoms with van der Waals surface area (Å²) in [6.07, 6.45) is -0.706. The van der Waals surface area contributed by atoms with E-state index in [9.17, 15) is 19.7 Å². The Labute approximate surface area is 201 Å². The Kier molecular flexibility index (Phi) is 5.06. The van der Waals surface area contributed by atoms with Crippen LogP contribution in [-0.2, 0) is 24.4 Å². The highest BCUT2D eigenvalue weighted by Gasteiger charge is 2.41. The molecule has 180 valence electrons. The van der Waals surface area contributed by atoms with Gasteiger partial charge >= 0.3 is 5.69 Å². The molecule has 0 fully saturated rings. The van der Waals surface area contributed by atoms with Crippen LogP contribution in [0.1, 0.15) is 36.8 Å². The highest BCUT2D eigenvalue weighted by molar-refractivity contribution is 5.96. The summed E-state index contributed by atoms with van der Waals surface area (Å²) in [7, 11) is 3.11. The molecule has 0 spiro atoms. The Bertz CT molecular complexity index is 1620. The molecule has 1 aliphatic rings. The van der Waals surface area contributed by atoms with Crippen LogP contribution < -0.4 is 11.2 Å². The van der Waals surface area contributed by atoms with Gasteiger partial charge in [0.15, 0.2) is 0 Å². The molecule has 2 aromatic heterocycles. The fraction of sp³-hybridized carbons (Fsp3) is 0.308. The van der Waals surface area contributed by atoms with Crippen LogP contribution in [0, 0.1) is 17.0 Å². The zero-order valence-corrected chi connectivity index (χ0v) is 20.2. The third-order valence-electron chi connectivity index (χ3n) is 6.77. The highest BCUT2D eigenvalue weighted by Crippen LogP contribution is 2.45. The molecule has 1 atom stereocenters. The molecule has 5 rings (SSSR count). The van der Waals surface area contributed by atoms with Crippen LogP contribution in [-0.4, -0.2) is 25.2 Å². The minimum Gasteiger partial charge on any atom is -0.365 e. The average Bonchev–Trinajstić information content (AvgIpc) is 3.19. The van der Waals surface area contributed by atoms with E-state index in [2.05, 4.69) is 4.57 Å². The van der Waals surface area contributed by atoms with Crippen LogP contribution in [0.2, 0.25) is 0 Å². The van der Waals surface area contributed by atoms with Crippen LogP contribution in [0.15, 0.2) is 58.1 Å². The number of hydrogen-bond acceptors (Lipinski definition) is 5. The van der Waals surface area contributed by atoms with Gasteiger partial charge in [-0.15, -0.1) is 0 Å². The average molecular weight is 475 g/mol. The Balaban J connectivity index is 1.98. The Morgan fingerprint density at radius 2 is 1.74 bits per heavy atom. The number of rotatable bonds is 3. The van der Waals surface area contributed by atoms with Gasteiger partial charge in [-0.05, 0) is 31.9 Å². The van der Waals surface area contributed by atoms with Gasteiger partial charge in [-0.3, -0.25) is 24.0 Å². The van der Waals surface area contributed by atoms with E-state index in [-0.39, 0.29) is 5.69 Å². The van der Waals surface area contributed by atoms with Crippen molar-refractivity contribution in [2.24, 2.45) is 14.1 Å². The molecule has 2 aromatic carbocycles. The first kappa shape index (κ1) is 22.8. The predicted octanol–water partition coefficient (Wildman–Crippen LogP) is 3.78. The molecule has 0 saturated heterocycles. The molecule has 35 heavy (non-hydrogen) atoms. The number of aryl methyl sites for hydroxylation is 2. The number of benzene rings is 2. The van der Waals surface area contributed by atoms with E-state index in [0.717, 1.165) is 15.7 Å². The zero-order valence-electron chi connectivity index (χ0n) is 20.2. The predicted molar refractivity (Wildman–Crippen MR) is 133 cm³/mol. The summed E-state index contributed by atoms with van der Waals surface area (Å²) in [6.45, 7) is 6.33. The second-order valence-corrected chi connectivity index (χ2v) is 9.72. The molecule has 0 bridgehead atoms. The maximum absolute atomic E-state index is 13.6. The number of nitrogens with zero attached hydrogens (tertiary/aromatic N) is 4. The van der Waals surface area contributed by atoms with Gasteiger partial charge in [-0.1, -0.05) is 42.0 Å². The van der Waals surface area contributed by atoms with Gasteiger partial charge in [-0.2, -0.15) is 0 Å². The van der Waals surface area contributed by atoms with E-state index in [0.29, 0.717) is 34.5 Å². The summed E-state index contributed by atoms with van der Waals surface area (Å²) >= 11 is 0. The second-order valence-electron chi connectivity index (χ2n) is 9.72. The Morgan fingerprint density at radius 1 is 1.06 bits per heavy atom. The van der Waals surface area contributed by atoms with Gasteiger partial charge in [0, 0.05) is 26.2 Å². The van der Waals surface area contributed by atoms with Crippen LogP contribution in [0.25, 0.3) is 22.2 Å². The molecule has 0 aliphatic carbocycles. The smallest absolute Gasteiger partial charge is 0.331 e. The normalized spacial score (nSPS) is 16.9. The van der Waals surface area contributed by atoms with E-state index >= 15 is 0 Å². The zero-order chi connectivity index (χ0) is 25.2. The third kappa shape index (κ3) is 3.34. The van der Waals surface area contributed by atoms with Crippen molar-refractivity contribution in [1.29, 1.82) is 0 Å². The largest absolute Gasteiger partial charge is 0.365 e. The lowest BCUT2D eigenvalue weighted by atomic mass is 9.97. The first-order valence-corrected chi connectivity index (χ1v) is 11.3. The molecule has 0 saturated carbocycles. The third-order valence-corrected chi connectivity index (χ3v) is 6.77. The minimum absolute atomic E-state index is 0.0538. The molecular weight excluding hydrogens is 448 g/mol. The molecule has 4 aromatic rings. The number of ether oxygens (including phenoxy) is 1. The monoisotopic (exact) mass is 474 g/mol. The van der Waals surface area contributed by atoms with Crippen LogP contribution in [0.5, 0.6) is 0 Å². The topological polar surface area (TPSA) is 101 Å². The number of nitro groups is 1. The number of nitro benzene ring substituents is 1. The first-order chi connectivity index (χ1) is 16.5. The van der Waals surface area contributed by atoms with E-state index < -0.39 is 27.8 Å². The first-order valence-electron chi connectivity index (χ1n) is 11.3. The van der Waals surface area contributed by atoms with E-state index in [1.807, 2.05) is 45.0 Å². The van der Waals surface area contributed by atoms with Crippen molar-refractivity contribution in [2.75, 3.05) is 6.61 Å². The number of aromatic nitrogens is 3. The van der Waals surface area contributed by atoms with Gasteiger partial charge in [0.05, 0.1) is 39.4 Å². The van der Waals surface area contributed by atoms with E-state index in [1.54, 1.807) is 19.2 Å². The molecule has 0 radical (unpaired) electrons. The van der Waals surface area contributed by atoms with Crippen molar-refractivity contribution < 1.29 is 9.66 Å². The Hall–Kier alpha value is -3.98. The van der Waals surface area contributed by atoms with Gasteiger partial charge in [0.25, 0.3) is 11.2 Å². The van der Waals surface area contributed by atoms with Crippen molar-refractivity contribution >= 4 is 16.6 Å². The molecule has 0 N–H and O–H groups in total. The molecule has 9 heteroatoms. The molecule has 3 heterocycles. The fourth-order valence-electron chi connectivity index (χ4n) is 5.04. The fourth-order valence-corrected chi connectivity index (χ4v) is 5.04. The molecule has 0 unspecified atom stereocenters. The lowest BCUT2D eigenvalue weighted by Crippen LogP contribution is -2.40. The van der Waals surface area contributed by atoms with Crippen molar-refractivity contribution in [2.45, 2.75) is 32.4 Å². The van der Waals surface area contributed by atoms with Crippen LogP contribution in [0.3, 0.4) is 0 Å². The number of non-ortho nitro benzene ring substituents is 1. The molecule has 9 nitrogen and oxygen atoms in total. The quantitative estimate of drug-likeness (QED) is 0.332. The SMILES string of the molecule is Cc1ccc(-c2c3c(=O)n(C)c(=O)n(C)c3c3n2C(C)(C)CO[C@H]3c2cccc([N+](=O)[O-])c2)cc1. The summed E-state index contributed by atoms with van der Waals surface area (Å²) in [5, 5.41) is 11.9. The lowest BCUT2D eigenvalue weighted by molar-refractivity contribution is -0.385. The van der Waals surface area contributed by atoms with Crippen molar-refractivity contribution in [3.63, 3.8) is 0 Å². The summed E-state index contributed by atoms with van der Waals surface area (Å²) < 4.78 is 11.0. The maximum atomic E-state index is 13.6. The Morgan fingerprint density at radius 3 is 2.40 bits per heavy atom. The van der Waals surface area contributed by atoms with Gasteiger partial charge in [0.1, 0.15) is 6.10 Å². The summed E-state index contributed by atoms with van der Waals surface area (Å²) in [6, 6.07) is 14.2. The highest BCUT2D eigenvalue weighted by atomic mass is 16.6. The van der Waals surface area contributed by atoms with Crippen molar-refractivity contribution in [3.8, 4) is 11.3 Å². The lowest BCUT2D eigenvalue weighted by Gasteiger charge is -2.39. The summed E-state index contributed by atoms with van der Waals surface area (Å²) in [5.74, 6) is 0. The van der Waals surface area contributed by atoms with Crippen LogP contribution >= 0.6 is 0 Å². The van der Waals surface area contributed by atoms with Gasteiger partial charge in [0.2, 0.25) is 0 Å². The van der Waals surface area contributed by atoms with Crippen molar-refractivity contribution in [3.05, 3.63) is 96.3 Å².